The SMILES string of the molecule is CCC(SC/C=C/c1ccccc1)C(=O)O. The van der Waals surface area contributed by atoms with Crippen molar-refractivity contribution in [3.8, 4) is 0 Å². The highest BCUT2D eigenvalue weighted by Crippen LogP contribution is 2.15. The van der Waals surface area contributed by atoms with Crippen LogP contribution in [0.5, 0.6) is 0 Å². The first kappa shape index (κ1) is 12.8. The van der Waals surface area contributed by atoms with Crippen molar-refractivity contribution in [3.63, 3.8) is 0 Å². The summed E-state index contributed by atoms with van der Waals surface area (Å²) in [6.07, 6.45) is 4.69. The van der Waals surface area contributed by atoms with E-state index in [0.717, 1.165) is 11.3 Å². The third-order valence-corrected chi connectivity index (χ3v) is 3.47. The second-order valence-corrected chi connectivity index (χ2v) is 4.62. The van der Waals surface area contributed by atoms with Gasteiger partial charge in [0.2, 0.25) is 0 Å². The van der Waals surface area contributed by atoms with Crippen LogP contribution in [0, 0.1) is 0 Å². The molecule has 0 radical (unpaired) electrons. The summed E-state index contributed by atoms with van der Waals surface area (Å²) in [6.45, 7) is 1.90. The Bertz CT molecular complexity index is 346. The highest BCUT2D eigenvalue weighted by Gasteiger charge is 2.13. The predicted octanol–water partition coefficient (Wildman–Crippen LogP) is 3.30. The van der Waals surface area contributed by atoms with Gasteiger partial charge in [0.05, 0.1) is 0 Å². The number of hydrogen-bond donors (Lipinski definition) is 1. The normalized spacial score (nSPS) is 12.8. The Hall–Kier alpha value is -1.22. The summed E-state index contributed by atoms with van der Waals surface area (Å²) in [5, 5.41) is 8.55. The van der Waals surface area contributed by atoms with Crippen molar-refractivity contribution in [2.75, 3.05) is 5.75 Å². The third-order valence-electron chi connectivity index (χ3n) is 2.15. The maximum Gasteiger partial charge on any atom is 0.316 e. The smallest absolute Gasteiger partial charge is 0.316 e. The van der Waals surface area contributed by atoms with E-state index in [2.05, 4.69) is 0 Å². The molecule has 0 bridgehead atoms. The van der Waals surface area contributed by atoms with Crippen molar-refractivity contribution in [2.24, 2.45) is 0 Å². The summed E-state index contributed by atoms with van der Waals surface area (Å²) in [5.41, 5.74) is 1.14. The number of carboxylic acids is 1. The summed E-state index contributed by atoms with van der Waals surface area (Å²) >= 11 is 1.46. The Morgan fingerprint density at radius 1 is 1.44 bits per heavy atom. The van der Waals surface area contributed by atoms with Gasteiger partial charge in [0.1, 0.15) is 5.25 Å². The van der Waals surface area contributed by atoms with E-state index in [1.807, 2.05) is 49.4 Å². The minimum Gasteiger partial charge on any atom is -0.480 e. The van der Waals surface area contributed by atoms with E-state index >= 15 is 0 Å². The monoisotopic (exact) mass is 236 g/mol. The highest BCUT2D eigenvalue weighted by atomic mass is 32.2. The molecule has 0 aliphatic rings. The fourth-order valence-electron chi connectivity index (χ4n) is 1.28. The predicted molar refractivity (Wildman–Crippen MR) is 69.6 cm³/mol. The molecule has 0 spiro atoms. The Labute approximate surface area is 100 Å². The van der Waals surface area contributed by atoms with E-state index in [-0.39, 0.29) is 5.25 Å². The van der Waals surface area contributed by atoms with Crippen LogP contribution in [0.4, 0.5) is 0 Å². The van der Waals surface area contributed by atoms with Gasteiger partial charge in [0.25, 0.3) is 0 Å². The Morgan fingerprint density at radius 3 is 2.69 bits per heavy atom. The number of carboxylic acid groups (broad SMARTS) is 1. The molecular weight excluding hydrogens is 220 g/mol. The molecule has 0 amide bonds. The third kappa shape index (κ3) is 4.53. The van der Waals surface area contributed by atoms with Crippen LogP contribution in [0.25, 0.3) is 6.08 Å². The number of carbonyl (C=O) groups is 1. The lowest BCUT2D eigenvalue weighted by Crippen LogP contribution is -2.15. The molecule has 0 heterocycles. The van der Waals surface area contributed by atoms with E-state index in [0.29, 0.717) is 6.42 Å². The van der Waals surface area contributed by atoms with Gasteiger partial charge in [-0.25, -0.2) is 0 Å². The van der Waals surface area contributed by atoms with Crippen LogP contribution >= 0.6 is 11.8 Å². The summed E-state index contributed by atoms with van der Waals surface area (Å²) in [7, 11) is 0. The number of rotatable bonds is 6. The first-order chi connectivity index (χ1) is 7.74. The first-order valence-electron chi connectivity index (χ1n) is 5.30. The van der Waals surface area contributed by atoms with Crippen LogP contribution in [-0.4, -0.2) is 22.1 Å². The van der Waals surface area contributed by atoms with Crippen molar-refractivity contribution in [1.82, 2.24) is 0 Å². The first-order valence-corrected chi connectivity index (χ1v) is 6.35. The minimum atomic E-state index is -0.722. The Morgan fingerprint density at radius 2 is 2.12 bits per heavy atom. The molecule has 16 heavy (non-hydrogen) atoms. The van der Waals surface area contributed by atoms with E-state index < -0.39 is 5.97 Å². The van der Waals surface area contributed by atoms with Crippen LogP contribution in [0.15, 0.2) is 36.4 Å². The second kappa shape index (κ2) is 7.12. The Balaban J connectivity index is 2.35. The zero-order chi connectivity index (χ0) is 11.8. The van der Waals surface area contributed by atoms with Gasteiger partial charge in [-0.05, 0) is 12.0 Å². The van der Waals surface area contributed by atoms with Gasteiger partial charge < -0.3 is 5.11 Å². The van der Waals surface area contributed by atoms with Gasteiger partial charge in [-0.2, -0.15) is 0 Å². The van der Waals surface area contributed by atoms with E-state index in [4.69, 9.17) is 5.11 Å². The molecule has 1 N–H and O–H groups in total. The molecule has 3 heteroatoms. The molecule has 1 unspecified atom stereocenters. The molecule has 1 aromatic rings. The summed E-state index contributed by atoms with van der Waals surface area (Å²) in [6, 6.07) is 9.99. The van der Waals surface area contributed by atoms with Gasteiger partial charge in [-0.3, -0.25) is 4.79 Å². The molecule has 86 valence electrons. The molecule has 2 nitrogen and oxygen atoms in total. The molecule has 0 aliphatic heterocycles. The molecule has 1 aromatic carbocycles. The molecule has 0 fully saturated rings. The number of aliphatic carboxylic acids is 1. The number of benzene rings is 1. The van der Waals surface area contributed by atoms with Gasteiger partial charge in [-0.1, -0.05) is 49.4 Å². The zero-order valence-electron chi connectivity index (χ0n) is 9.30. The molecule has 0 saturated heterocycles. The topological polar surface area (TPSA) is 37.3 Å². The molecule has 0 aliphatic carbocycles. The van der Waals surface area contributed by atoms with Crippen molar-refractivity contribution >= 4 is 23.8 Å². The average molecular weight is 236 g/mol. The van der Waals surface area contributed by atoms with Crippen molar-refractivity contribution in [2.45, 2.75) is 18.6 Å². The van der Waals surface area contributed by atoms with Crippen LogP contribution in [0.1, 0.15) is 18.9 Å². The van der Waals surface area contributed by atoms with Crippen molar-refractivity contribution in [3.05, 3.63) is 42.0 Å². The lowest BCUT2D eigenvalue weighted by Gasteiger charge is -2.06. The number of thioether (sulfide) groups is 1. The molecule has 1 rings (SSSR count). The zero-order valence-corrected chi connectivity index (χ0v) is 10.1. The summed E-state index contributed by atoms with van der Waals surface area (Å²) < 4.78 is 0. The largest absolute Gasteiger partial charge is 0.480 e. The lowest BCUT2D eigenvalue weighted by molar-refractivity contribution is -0.136. The molecule has 0 aromatic heterocycles. The summed E-state index contributed by atoms with van der Waals surface area (Å²) in [5.74, 6) is 0.0142. The molecule has 0 saturated carbocycles. The van der Waals surface area contributed by atoms with Gasteiger partial charge in [0.15, 0.2) is 0 Å². The Kier molecular flexibility index (Phi) is 5.72. The minimum absolute atomic E-state index is 0.291. The average Bonchev–Trinajstić information content (AvgIpc) is 2.30. The van der Waals surface area contributed by atoms with Crippen LogP contribution < -0.4 is 0 Å². The quantitative estimate of drug-likeness (QED) is 0.823. The maximum atomic E-state index is 10.7. The molecular formula is C13H16O2S. The fourth-order valence-corrected chi connectivity index (χ4v) is 2.10. The van der Waals surface area contributed by atoms with E-state index in [1.165, 1.54) is 11.8 Å². The van der Waals surface area contributed by atoms with Crippen molar-refractivity contribution < 1.29 is 9.90 Å². The fraction of sp³-hybridized carbons (Fsp3) is 0.308. The number of hydrogen-bond acceptors (Lipinski definition) is 2. The maximum absolute atomic E-state index is 10.7. The standard InChI is InChI=1S/C13H16O2S/c1-2-12(13(14)15)16-10-6-9-11-7-4-3-5-8-11/h3-9,12H,2,10H2,1H3,(H,14,15)/b9-6+. The van der Waals surface area contributed by atoms with E-state index in [9.17, 15) is 4.79 Å². The summed E-state index contributed by atoms with van der Waals surface area (Å²) in [4.78, 5) is 10.7. The van der Waals surface area contributed by atoms with Crippen molar-refractivity contribution in [1.29, 1.82) is 0 Å². The van der Waals surface area contributed by atoms with E-state index in [1.54, 1.807) is 0 Å². The van der Waals surface area contributed by atoms with Gasteiger partial charge in [0, 0.05) is 5.75 Å². The van der Waals surface area contributed by atoms with Gasteiger partial charge in [-0.15, -0.1) is 11.8 Å². The van der Waals surface area contributed by atoms with Crippen LogP contribution in [0.2, 0.25) is 0 Å². The highest BCUT2D eigenvalue weighted by molar-refractivity contribution is 8.00. The van der Waals surface area contributed by atoms with Crippen LogP contribution in [0.3, 0.4) is 0 Å². The molecule has 1 atom stereocenters. The van der Waals surface area contributed by atoms with Gasteiger partial charge >= 0.3 is 5.97 Å². The van der Waals surface area contributed by atoms with Crippen LogP contribution in [-0.2, 0) is 4.79 Å². The lowest BCUT2D eigenvalue weighted by atomic mass is 10.2. The second-order valence-electron chi connectivity index (χ2n) is 3.38.